The molecule has 1 aromatic heterocycles. The van der Waals surface area contributed by atoms with Gasteiger partial charge in [-0.2, -0.15) is 0 Å². The van der Waals surface area contributed by atoms with Gasteiger partial charge >= 0.3 is 0 Å². The third-order valence-corrected chi connectivity index (χ3v) is 3.50. The standard InChI is InChI=1S/C16H20N2O/c1-10(2)18-12(4)14(16(17)19)11(3)15(18)13-8-6-5-7-9-13/h5-10H,1-4H3,(H2,17,19). The minimum absolute atomic E-state index is 0.280. The summed E-state index contributed by atoms with van der Waals surface area (Å²) in [5.74, 6) is -0.355. The number of carbonyl (C=O) groups excluding carboxylic acids is 1. The van der Waals surface area contributed by atoms with Crippen LogP contribution >= 0.6 is 0 Å². The fourth-order valence-corrected chi connectivity index (χ4v) is 2.82. The monoisotopic (exact) mass is 256 g/mol. The van der Waals surface area contributed by atoms with Crippen LogP contribution in [-0.2, 0) is 0 Å². The van der Waals surface area contributed by atoms with E-state index in [0.717, 1.165) is 22.5 Å². The van der Waals surface area contributed by atoms with Crippen molar-refractivity contribution in [1.29, 1.82) is 0 Å². The molecule has 1 aromatic carbocycles. The summed E-state index contributed by atoms with van der Waals surface area (Å²) in [6.45, 7) is 8.15. The third-order valence-electron chi connectivity index (χ3n) is 3.50. The molecule has 0 aliphatic carbocycles. The molecule has 1 heterocycles. The Morgan fingerprint density at radius 1 is 1.16 bits per heavy atom. The van der Waals surface area contributed by atoms with Gasteiger partial charge in [-0.05, 0) is 38.8 Å². The number of rotatable bonds is 3. The minimum atomic E-state index is -0.355. The van der Waals surface area contributed by atoms with E-state index < -0.39 is 0 Å². The summed E-state index contributed by atoms with van der Waals surface area (Å²) in [6.07, 6.45) is 0. The summed E-state index contributed by atoms with van der Waals surface area (Å²) in [5.41, 5.74) is 10.3. The van der Waals surface area contributed by atoms with Crippen molar-refractivity contribution in [2.75, 3.05) is 0 Å². The number of aromatic nitrogens is 1. The lowest BCUT2D eigenvalue weighted by Gasteiger charge is -2.16. The van der Waals surface area contributed by atoms with Crippen molar-refractivity contribution in [3.8, 4) is 11.3 Å². The van der Waals surface area contributed by atoms with Gasteiger partial charge in [0.15, 0.2) is 0 Å². The van der Waals surface area contributed by atoms with Gasteiger partial charge < -0.3 is 10.3 Å². The Balaban J connectivity index is 2.80. The second kappa shape index (κ2) is 4.92. The van der Waals surface area contributed by atoms with Crippen molar-refractivity contribution in [2.24, 2.45) is 5.73 Å². The molecule has 2 N–H and O–H groups in total. The van der Waals surface area contributed by atoms with Gasteiger partial charge in [0, 0.05) is 11.7 Å². The number of carbonyl (C=O) groups is 1. The van der Waals surface area contributed by atoms with Crippen LogP contribution in [0.3, 0.4) is 0 Å². The molecule has 2 aromatic rings. The van der Waals surface area contributed by atoms with Crippen LogP contribution in [0.5, 0.6) is 0 Å². The highest BCUT2D eigenvalue weighted by molar-refractivity contribution is 5.98. The second-order valence-corrected chi connectivity index (χ2v) is 5.13. The molecule has 0 saturated heterocycles. The lowest BCUT2D eigenvalue weighted by atomic mass is 10.0. The van der Waals surface area contributed by atoms with E-state index in [2.05, 4.69) is 30.5 Å². The molecule has 0 radical (unpaired) electrons. The number of hydrogen-bond donors (Lipinski definition) is 1. The van der Waals surface area contributed by atoms with Gasteiger partial charge in [0.2, 0.25) is 0 Å². The van der Waals surface area contributed by atoms with E-state index in [1.54, 1.807) is 0 Å². The Labute approximate surface area is 114 Å². The average Bonchev–Trinajstić information content (AvgIpc) is 2.61. The largest absolute Gasteiger partial charge is 0.366 e. The summed E-state index contributed by atoms with van der Waals surface area (Å²) in [4.78, 5) is 11.7. The van der Waals surface area contributed by atoms with Crippen LogP contribution in [-0.4, -0.2) is 10.5 Å². The van der Waals surface area contributed by atoms with Crippen molar-refractivity contribution < 1.29 is 4.79 Å². The number of amides is 1. The van der Waals surface area contributed by atoms with Crippen LogP contribution in [0.25, 0.3) is 11.3 Å². The van der Waals surface area contributed by atoms with E-state index in [4.69, 9.17) is 5.73 Å². The van der Waals surface area contributed by atoms with Crippen molar-refractivity contribution >= 4 is 5.91 Å². The number of hydrogen-bond acceptors (Lipinski definition) is 1. The topological polar surface area (TPSA) is 48.0 Å². The number of primary amides is 1. The van der Waals surface area contributed by atoms with Crippen LogP contribution < -0.4 is 5.73 Å². The molecule has 3 nitrogen and oxygen atoms in total. The molecular formula is C16H20N2O. The fraction of sp³-hybridized carbons (Fsp3) is 0.312. The molecule has 100 valence electrons. The molecular weight excluding hydrogens is 236 g/mol. The molecule has 0 atom stereocenters. The lowest BCUT2D eigenvalue weighted by Crippen LogP contribution is -2.14. The Morgan fingerprint density at radius 2 is 1.74 bits per heavy atom. The van der Waals surface area contributed by atoms with E-state index in [-0.39, 0.29) is 11.9 Å². The fourth-order valence-electron chi connectivity index (χ4n) is 2.82. The zero-order valence-corrected chi connectivity index (χ0v) is 11.9. The van der Waals surface area contributed by atoms with Gasteiger partial charge in [-0.25, -0.2) is 0 Å². The average molecular weight is 256 g/mol. The Morgan fingerprint density at radius 3 is 2.21 bits per heavy atom. The number of nitrogens with two attached hydrogens (primary N) is 1. The molecule has 0 aliphatic rings. The molecule has 3 heteroatoms. The van der Waals surface area contributed by atoms with Gasteiger partial charge in [-0.1, -0.05) is 30.3 Å². The van der Waals surface area contributed by atoms with E-state index in [1.165, 1.54) is 0 Å². The molecule has 0 aliphatic heterocycles. The summed E-state index contributed by atoms with van der Waals surface area (Å²) in [7, 11) is 0. The first kappa shape index (κ1) is 13.4. The van der Waals surface area contributed by atoms with Crippen molar-refractivity contribution in [2.45, 2.75) is 33.7 Å². The summed E-state index contributed by atoms with van der Waals surface area (Å²) < 4.78 is 2.19. The maximum absolute atomic E-state index is 11.7. The van der Waals surface area contributed by atoms with Gasteiger partial charge in [0.1, 0.15) is 0 Å². The van der Waals surface area contributed by atoms with Gasteiger partial charge in [0.05, 0.1) is 11.3 Å². The van der Waals surface area contributed by atoms with Crippen LogP contribution in [0.15, 0.2) is 30.3 Å². The Kier molecular flexibility index (Phi) is 3.47. The first-order valence-corrected chi connectivity index (χ1v) is 6.51. The van der Waals surface area contributed by atoms with E-state index >= 15 is 0 Å². The van der Waals surface area contributed by atoms with E-state index in [0.29, 0.717) is 5.56 Å². The Hall–Kier alpha value is -2.03. The maximum Gasteiger partial charge on any atom is 0.250 e. The van der Waals surface area contributed by atoms with Crippen molar-refractivity contribution in [3.63, 3.8) is 0 Å². The first-order chi connectivity index (χ1) is 8.95. The predicted octanol–water partition coefficient (Wildman–Crippen LogP) is 3.45. The molecule has 1 amide bonds. The van der Waals surface area contributed by atoms with Crippen LogP contribution in [0.1, 0.15) is 41.5 Å². The molecule has 0 fully saturated rings. The molecule has 2 rings (SSSR count). The predicted molar refractivity (Wildman–Crippen MR) is 78.2 cm³/mol. The smallest absolute Gasteiger partial charge is 0.250 e. The van der Waals surface area contributed by atoms with Gasteiger partial charge in [-0.3, -0.25) is 4.79 Å². The number of benzene rings is 1. The molecule has 0 unspecified atom stereocenters. The normalized spacial score (nSPS) is 11.0. The first-order valence-electron chi connectivity index (χ1n) is 6.51. The molecule has 0 saturated carbocycles. The highest BCUT2D eigenvalue weighted by atomic mass is 16.1. The second-order valence-electron chi connectivity index (χ2n) is 5.13. The molecule has 0 spiro atoms. The van der Waals surface area contributed by atoms with E-state index in [1.807, 2.05) is 32.0 Å². The highest BCUT2D eigenvalue weighted by Gasteiger charge is 2.22. The van der Waals surface area contributed by atoms with Crippen molar-refractivity contribution in [3.05, 3.63) is 47.2 Å². The summed E-state index contributed by atoms with van der Waals surface area (Å²) in [6, 6.07) is 10.4. The third kappa shape index (κ3) is 2.16. The SMILES string of the molecule is Cc1c(C(N)=O)c(C)n(C(C)C)c1-c1ccccc1. The van der Waals surface area contributed by atoms with Crippen LogP contribution in [0.2, 0.25) is 0 Å². The van der Waals surface area contributed by atoms with E-state index in [9.17, 15) is 4.79 Å². The molecule has 19 heavy (non-hydrogen) atoms. The maximum atomic E-state index is 11.7. The van der Waals surface area contributed by atoms with Gasteiger partial charge in [0.25, 0.3) is 5.91 Å². The number of nitrogens with zero attached hydrogens (tertiary/aromatic N) is 1. The summed E-state index contributed by atoms with van der Waals surface area (Å²) in [5, 5.41) is 0. The van der Waals surface area contributed by atoms with Crippen LogP contribution in [0.4, 0.5) is 0 Å². The summed E-state index contributed by atoms with van der Waals surface area (Å²) >= 11 is 0. The van der Waals surface area contributed by atoms with Crippen molar-refractivity contribution in [1.82, 2.24) is 4.57 Å². The lowest BCUT2D eigenvalue weighted by molar-refractivity contribution is 0.0999. The quantitative estimate of drug-likeness (QED) is 0.898. The zero-order chi connectivity index (χ0) is 14.2. The molecule has 0 bridgehead atoms. The zero-order valence-electron chi connectivity index (χ0n) is 11.9. The minimum Gasteiger partial charge on any atom is -0.366 e. The Bertz CT molecular complexity index is 609. The van der Waals surface area contributed by atoms with Crippen LogP contribution in [0, 0.1) is 13.8 Å². The highest BCUT2D eigenvalue weighted by Crippen LogP contribution is 2.33. The van der Waals surface area contributed by atoms with Gasteiger partial charge in [-0.15, -0.1) is 0 Å².